The van der Waals surface area contributed by atoms with Crippen LogP contribution >= 0.6 is 0 Å². The SMILES string of the molecule is CCCN1C(N)=NCC1(C)c1cncc(F)c1. The topological polar surface area (TPSA) is 54.5 Å². The van der Waals surface area contributed by atoms with Crippen molar-refractivity contribution >= 4 is 5.96 Å². The van der Waals surface area contributed by atoms with E-state index in [1.807, 2.05) is 11.8 Å². The molecular formula is C12H17FN4. The van der Waals surface area contributed by atoms with Gasteiger partial charge in [0.05, 0.1) is 18.3 Å². The quantitative estimate of drug-likeness (QED) is 0.864. The number of aliphatic imine (C=N–C) groups is 1. The van der Waals surface area contributed by atoms with Crippen LogP contribution in [0.1, 0.15) is 25.8 Å². The van der Waals surface area contributed by atoms with Crippen LogP contribution < -0.4 is 5.73 Å². The molecule has 0 bridgehead atoms. The maximum Gasteiger partial charge on any atom is 0.192 e. The fourth-order valence-corrected chi connectivity index (χ4v) is 2.20. The highest BCUT2D eigenvalue weighted by Crippen LogP contribution is 2.32. The first-order valence-corrected chi connectivity index (χ1v) is 5.76. The zero-order valence-electron chi connectivity index (χ0n) is 10.2. The van der Waals surface area contributed by atoms with Gasteiger partial charge in [0.15, 0.2) is 5.96 Å². The van der Waals surface area contributed by atoms with E-state index in [4.69, 9.17) is 5.73 Å². The zero-order chi connectivity index (χ0) is 12.5. The number of hydrogen-bond acceptors (Lipinski definition) is 4. The number of guanidine groups is 1. The van der Waals surface area contributed by atoms with E-state index in [0.717, 1.165) is 18.5 Å². The molecule has 1 unspecified atom stereocenters. The van der Waals surface area contributed by atoms with Crippen molar-refractivity contribution in [2.75, 3.05) is 13.1 Å². The molecule has 0 aromatic carbocycles. The lowest BCUT2D eigenvalue weighted by molar-refractivity contribution is 0.224. The Balaban J connectivity index is 2.36. The van der Waals surface area contributed by atoms with E-state index in [0.29, 0.717) is 12.5 Å². The number of hydrogen-bond donors (Lipinski definition) is 1. The van der Waals surface area contributed by atoms with Gasteiger partial charge in [0.25, 0.3) is 0 Å². The van der Waals surface area contributed by atoms with Crippen molar-refractivity contribution in [3.8, 4) is 0 Å². The number of pyridine rings is 1. The molecule has 2 rings (SSSR count). The Morgan fingerprint density at radius 1 is 1.53 bits per heavy atom. The fourth-order valence-electron chi connectivity index (χ4n) is 2.20. The van der Waals surface area contributed by atoms with Gasteiger partial charge in [0.2, 0.25) is 0 Å². The average Bonchev–Trinajstić information content (AvgIpc) is 2.59. The van der Waals surface area contributed by atoms with Gasteiger partial charge in [0, 0.05) is 18.3 Å². The van der Waals surface area contributed by atoms with Gasteiger partial charge in [-0.3, -0.25) is 9.98 Å². The summed E-state index contributed by atoms with van der Waals surface area (Å²) in [6.45, 7) is 5.45. The molecule has 17 heavy (non-hydrogen) atoms. The zero-order valence-corrected chi connectivity index (χ0v) is 10.2. The van der Waals surface area contributed by atoms with Gasteiger partial charge in [-0.05, 0) is 19.4 Å². The van der Waals surface area contributed by atoms with Crippen LogP contribution in [0.15, 0.2) is 23.5 Å². The molecule has 1 aliphatic rings. The van der Waals surface area contributed by atoms with Crippen LogP contribution in [-0.2, 0) is 5.54 Å². The fraction of sp³-hybridized carbons (Fsp3) is 0.500. The highest BCUT2D eigenvalue weighted by atomic mass is 19.1. The summed E-state index contributed by atoms with van der Waals surface area (Å²) < 4.78 is 13.3. The first-order chi connectivity index (χ1) is 8.08. The summed E-state index contributed by atoms with van der Waals surface area (Å²) in [7, 11) is 0. The lowest BCUT2D eigenvalue weighted by Crippen LogP contribution is -2.47. The molecule has 1 aromatic rings. The van der Waals surface area contributed by atoms with Crippen molar-refractivity contribution in [2.24, 2.45) is 10.7 Å². The lowest BCUT2D eigenvalue weighted by atomic mass is 9.92. The predicted octanol–water partition coefficient (Wildman–Crippen LogP) is 1.48. The first kappa shape index (κ1) is 11.8. The molecule has 92 valence electrons. The Hall–Kier alpha value is -1.65. The van der Waals surface area contributed by atoms with Crippen LogP contribution in [0.5, 0.6) is 0 Å². The number of halogens is 1. The minimum atomic E-state index is -0.380. The molecule has 0 saturated heterocycles. The highest BCUT2D eigenvalue weighted by Gasteiger charge is 2.39. The maximum atomic E-state index is 13.3. The Bertz CT molecular complexity index is 446. The number of nitrogens with two attached hydrogens (primary N) is 1. The third kappa shape index (κ3) is 1.97. The summed E-state index contributed by atoms with van der Waals surface area (Å²) in [5.41, 5.74) is 6.31. The second kappa shape index (κ2) is 4.31. The summed E-state index contributed by atoms with van der Waals surface area (Å²) in [4.78, 5) is 10.2. The van der Waals surface area contributed by atoms with Gasteiger partial charge in [0.1, 0.15) is 5.82 Å². The van der Waals surface area contributed by atoms with E-state index in [9.17, 15) is 4.39 Å². The lowest BCUT2D eigenvalue weighted by Gasteiger charge is -2.36. The molecule has 2 heterocycles. The molecule has 0 amide bonds. The van der Waals surface area contributed by atoms with Crippen molar-refractivity contribution in [3.05, 3.63) is 29.8 Å². The summed E-state index contributed by atoms with van der Waals surface area (Å²) in [6.07, 6.45) is 3.85. The van der Waals surface area contributed by atoms with Crippen LogP contribution in [0.25, 0.3) is 0 Å². The summed E-state index contributed by atoms with van der Waals surface area (Å²) in [6, 6.07) is 1.50. The van der Waals surface area contributed by atoms with Crippen LogP contribution in [0.2, 0.25) is 0 Å². The molecule has 1 aliphatic heterocycles. The minimum absolute atomic E-state index is 0.328. The van der Waals surface area contributed by atoms with Crippen molar-refractivity contribution in [1.29, 1.82) is 0 Å². The molecule has 5 heteroatoms. The van der Waals surface area contributed by atoms with Crippen LogP contribution in [0, 0.1) is 5.82 Å². The second-order valence-corrected chi connectivity index (χ2v) is 4.49. The third-order valence-corrected chi connectivity index (χ3v) is 3.20. The molecule has 1 atom stereocenters. The van der Waals surface area contributed by atoms with Crippen molar-refractivity contribution in [1.82, 2.24) is 9.88 Å². The van der Waals surface area contributed by atoms with Gasteiger partial charge < -0.3 is 10.6 Å². The Kier molecular flexibility index (Phi) is 3.00. The Morgan fingerprint density at radius 3 is 2.94 bits per heavy atom. The van der Waals surface area contributed by atoms with Gasteiger partial charge in [-0.25, -0.2) is 4.39 Å². The molecule has 0 spiro atoms. The van der Waals surface area contributed by atoms with Crippen molar-refractivity contribution in [3.63, 3.8) is 0 Å². The van der Waals surface area contributed by atoms with Gasteiger partial charge in [-0.15, -0.1) is 0 Å². The molecule has 1 aromatic heterocycles. The average molecular weight is 236 g/mol. The van der Waals surface area contributed by atoms with Gasteiger partial charge >= 0.3 is 0 Å². The van der Waals surface area contributed by atoms with E-state index in [2.05, 4.69) is 16.9 Å². The van der Waals surface area contributed by atoms with Crippen molar-refractivity contribution in [2.45, 2.75) is 25.8 Å². The smallest absolute Gasteiger partial charge is 0.192 e. The third-order valence-electron chi connectivity index (χ3n) is 3.20. The normalized spacial score (nSPS) is 23.9. The number of rotatable bonds is 3. The van der Waals surface area contributed by atoms with Crippen LogP contribution in [-0.4, -0.2) is 28.9 Å². The number of nitrogens with zero attached hydrogens (tertiary/aromatic N) is 3. The molecule has 0 radical (unpaired) electrons. The van der Waals surface area contributed by atoms with Crippen LogP contribution in [0.3, 0.4) is 0 Å². The highest BCUT2D eigenvalue weighted by molar-refractivity contribution is 5.81. The van der Waals surface area contributed by atoms with E-state index in [1.165, 1.54) is 12.3 Å². The van der Waals surface area contributed by atoms with E-state index >= 15 is 0 Å². The predicted molar refractivity (Wildman–Crippen MR) is 65.0 cm³/mol. The van der Waals surface area contributed by atoms with Crippen LogP contribution in [0.4, 0.5) is 4.39 Å². The minimum Gasteiger partial charge on any atom is -0.370 e. The summed E-state index contributed by atoms with van der Waals surface area (Å²) >= 11 is 0. The maximum absolute atomic E-state index is 13.3. The molecule has 4 nitrogen and oxygen atoms in total. The van der Waals surface area contributed by atoms with E-state index in [-0.39, 0.29) is 11.4 Å². The monoisotopic (exact) mass is 236 g/mol. The Morgan fingerprint density at radius 2 is 2.29 bits per heavy atom. The largest absolute Gasteiger partial charge is 0.370 e. The summed E-state index contributed by atoms with van der Waals surface area (Å²) in [5, 5.41) is 0. The van der Waals surface area contributed by atoms with E-state index in [1.54, 1.807) is 6.20 Å². The van der Waals surface area contributed by atoms with Gasteiger partial charge in [-0.1, -0.05) is 6.92 Å². The first-order valence-electron chi connectivity index (χ1n) is 5.76. The Labute approximate surface area is 100 Å². The second-order valence-electron chi connectivity index (χ2n) is 4.49. The standard InChI is InChI=1S/C12H17FN4/c1-3-4-17-11(14)16-8-12(17,2)9-5-10(13)7-15-6-9/h5-7H,3-4,8H2,1-2H3,(H2,14,16). The van der Waals surface area contributed by atoms with Crippen molar-refractivity contribution < 1.29 is 4.39 Å². The molecule has 0 saturated carbocycles. The summed E-state index contributed by atoms with van der Waals surface area (Å²) in [5.74, 6) is 0.198. The molecule has 0 fully saturated rings. The van der Waals surface area contributed by atoms with E-state index < -0.39 is 0 Å². The molecule has 0 aliphatic carbocycles. The van der Waals surface area contributed by atoms with Gasteiger partial charge in [-0.2, -0.15) is 0 Å². The number of aromatic nitrogens is 1. The molecule has 2 N–H and O–H groups in total. The molecular weight excluding hydrogens is 219 g/mol.